The molecular formula is C6H9N. The largest absolute Gasteiger partial charge is 0.388 e. The van der Waals surface area contributed by atoms with Crippen LogP contribution in [0.4, 0.5) is 0 Å². The van der Waals surface area contributed by atoms with Gasteiger partial charge in [-0.05, 0) is 25.0 Å². The van der Waals surface area contributed by atoms with Gasteiger partial charge in [-0.15, -0.1) is 0 Å². The minimum absolute atomic E-state index is 0.866. The van der Waals surface area contributed by atoms with Crippen molar-refractivity contribution in [2.75, 3.05) is 0 Å². The molecule has 1 N–H and O–H groups in total. The number of rotatable bonds is 0. The Balaban J connectivity index is 2.10. The SMILES string of the molecule is C1=CNC2CC2C1. The predicted molar refractivity (Wildman–Crippen MR) is 28.8 cm³/mol. The van der Waals surface area contributed by atoms with Gasteiger partial charge in [-0.25, -0.2) is 0 Å². The molecule has 1 saturated carbocycles. The van der Waals surface area contributed by atoms with E-state index in [2.05, 4.69) is 17.6 Å². The number of hydrogen-bond acceptors (Lipinski definition) is 1. The highest BCUT2D eigenvalue weighted by Gasteiger charge is 2.36. The predicted octanol–water partition coefficient (Wildman–Crippen LogP) is 0.882. The summed E-state index contributed by atoms with van der Waals surface area (Å²) in [4.78, 5) is 0. The molecule has 0 spiro atoms. The average molecular weight is 95.1 g/mol. The Labute approximate surface area is 43.4 Å². The molecule has 1 heteroatoms. The molecule has 0 aromatic heterocycles. The molecule has 0 aromatic rings. The molecule has 1 aliphatic heterocycles. The summed E-state index contributed by atoms with van der Waals surface area (Å²) in [6, 6.07) is 0.866. The maximum absolute atomic E-state index is 3.28. The van der Waals surface area contributed by atoms with Crippen molar-refractivity contribution in [1.29, 1.82) is 0 Å². The lowest BCUT2D eigenvalue weighted by Crippen LogP contribution is -2.12. The third kappa shape index (κ3) is 0.441. The van der Waals surface area contributed by atoms with E-state index in [0.29, 0.717) is 0 Å². The first-order valence-corrected chi connectivity index (χ1v) is 2.88. The smallest absolute Gasteiger partial charge is 0.0291 e. The van der Waals surface area contributed by atoms with Crippen molar-refractivity contribution in [3.63, 3.8) is 0 Å². The summed E-state index contributed by atoms with van der Waals surface area (Å²) in [6.45, 7) is 0. The van der Waals surface area contributed by atoms with E-state index in [1.807, 2.05) is 0 Å². The van der Waals surface area contributed by atoms with E-state index in [1.165, 1.54) is 12.8 Å². The Kier molecular flexibility index (Phi) is 0.518. The Morgan fingerprint density at radius 2 is 2.57 bits per heavy atom. The van der Waals surface area contributed by atoms with E-state index in [4.69, 9.17) is 0 Å². The molecule has 0 amide bonds. The van der Waals surface area contributed by atoms with E-state index in [0.717, 1.165) is 12.0 Å². The fourth-order valence-electron chi connectivity index (χ4n) is 1.15. The first-order valence-electron chi connectivity index (χ1n) is 2.88. The van der Waals surface area contributed by atoms with Gasteiger partial charge in [0.2, 0.25) is 0 Å². The van der Waals surface area contributed by atoms with E-state index in [-0.39, 0.29) is 0 Å². The molecule has 7 heavy (non-hydrogen) atoms. The van der Waals surface area contributed by atoms with Gasteiger partial charge in [-0.1, -0.05) is 6.08 Å². The Morgan fingerprint density at radius 1 is 1.57 bits per heavy atom. The quantitative estimate of drug-likeness (QED) is 0.471. The fourth-order valence-corrected chi connectivity index (χ4v) is 1.15. The summed E-state index contributed by atoms with van der Waals surface area (Å²) in [5.41, 5.74) is 0. The lowest BCUT2D eigenvalue weighted by Gasteiger charge is -2.01. The maximum Gasteiger partial charge on any atom is 0.0291 e. The van der Waals surface area contributed by atoms with Crippen LogP contribution >= 0.6 is 0 Å². The zero-order valence-corrected chi connectivity index (χ0v) is 4.22. The zero-order chi connectivity index (χ0) is 4.69. The van der Waals surface area contributed by atoms with Crippen molar-refractivity contribution in [3.05, 3.63) is 12.3 Å². The van der Waals surface area contributed by atoms with Gasteiger partial charge in [0.05, 0.1) is 0 Å². The van der Waals surface area contributed by atoms with Gasteiger partial charge in [0.25, 0.3) is 0 Å². The van der Waals surface area contributed by atoms with Crippen LogP contribution in [0.25, 0.3) is 0 Å². The standard InChI is InChI=1S/C6H9N/c1-2-5-4-6(5)7-3-1/h1,3,5-7H,2,4H2. The van der Waals surface area contributed by atoms with Crippen LogP contribution in [0.3, 0.4) is 0 Å². The Bertz CT molecular complexity index is 94.7. The lowest BCUT2D eigenvalue weighted by molar-refractivity contribution is 0.704. The fraction of sp³-hybridized carbons (Fsp3) is 0.667. The first-order chi connectivity index (χ1) is 3.47. The molecule has 1 heterocycles. The van der Waals surface area contributed by atoms with Crippen LogP contribution < -0.4 is 5.32 Å². The summed E-state index contributed by atoms with van der Waals surface area (Å²) in [6.07, 6.45) is 7.02. The number of nitrogens with one attached hydrogen (secondary N) is 1. The van der Waals surface area contributed by atoms with E-state index < -0.39 is 0 Å². The molecule has 2 rings (SSSR count). The Hall–Kier alpha value is -0.460. The van der Waals surface area contributed by atoms with Crippen molar-refractivity contribution in [2.45, 2.75) is 18.9 Å². The number of fused-ring (bicyclic) bond motifs is 1. The molecule has 0 bridgehead atoms. The molecule has 38 valence electrons. The summed E-state index contributed by atoms with van der Waals surface area (Å²) in [5, 5.41) is 3.28. The van der Waals surface area contributed by atoms with Crippen molar-refractivity contribution in [3.8, 4) is 0 Å². The van der Waals surface area contributed by atoms with Crippen molar-refractivity contribution < 1.29 is 0 Å². The second-order valence-corrected chi connectivity index (χ2v) is 2.41. The molecule has 2 aliphatic rings. The minimum atomic E-state index is 0.866. The van der Waals surface area contributed by atoms with Crippen molar-refractivity contribution in [2.24, 2.45) is 5.92 Å². The van der Waals surface area contributed by atoms with E-state index in [1.54, 1.807) is 0 Å². The maximum atomic E-state index is 3.28. The van der Waals surface area contributed by atoms with Crippen LogP contribution in [0.1, 0.15) is 12.8 Å². The monoisotopic (exact) mass is 95.1 g/mol. The topological polar surface area (TPSA) is 12.0 Å². The second kappa shape index (κ2) is 1.03. The molecule has 2 atom stereocenters. The van der Waals surface area contributed by atoms with Gasteiger partial charge < -0.3 is 5.32 Å². The van der Waals surface area contributed by atoms with Gasteiger partial charge >= 0.3 is 0 Å². The van der Waals surface area contributed by atoms with Crippen molar-refractivity contribution >= 4 is 0 Å². The average Bonchev–Trinajstić information content (AvgIpc) is 2.41. The van der Waals surface area contributed by atoms with Crippen LogP contribution in [0, 0.1) is 5.92 Å². The Morgan fingerprint density at radius 3 is 3.14 bits per heavy atom. The summed E-state index contributed by atoms with van der Waals surface area (Å²) in [7, 11) is 0. The van der Waals surface area contributed by atoms with Crippen LogP contribution in [-0.2, 0) is 0 Å². The van der Waals surface area contributed by atoms with Crippen LogP contribution in [0.5, 0.6) is 0 Å². The summed E-state index contributed by atoms with van der Waals surface area (Å²) in [5.74, 6) is 1.00. The highest BCUT2D eigenvalue weighted by Crippen LogP contribution is 2.35. The second-order valence-electron chi connectivity index (χ2n) is 2.41. The van der Waals surface area contributed by atoms with Gasteiger partial charge in [0, 0.05) is 6.04 Å². The molecule has 0 saturated heterocycles. The van der Waals surface area contributed by atoms with Gasteiger partial charge in [0.1, 0.15) is 0 Å². The van der Waals surface area contributed by atoms with Gasteiger partial charge in [-0.3, -0.25) is 0 Å². The van der Waals surface area contributed by atoms with Crippen LogP contribution in [0.15, 0.2) is 12.3 Å². The van der Waals surface area contributed by atoms with Crippen molar-refractivity contribution in [1.82, 2.24) is 5.32 Å². The highest BCUT2D eigenvalue weighted by atomic mass is 15.0. The number of hydrogen-bond donors (Lipinski definition) is 1. The molecule has 2 unspecified atom stereocenters. The molecule has 0 radical (unpaired) electrons. The van der Waals surface area contributed by atoms with Crippen LogP contribution in [-0.4, -0.2) is 6.04 Å². The third-order valence-electron chi connectivity index (χ3n) is 1.79. The molecule has 0 aromatic carbocycles. The minimum Gasteiger partial charge on any atom is -0.388 e. The lowest BCUT2D eigenvalue weighted by atomic mass is 10.2. The van der Waals surface area contributed by atoms with E-state index in [9.17, 15) is 0 Å². The third-order valence-corrected chi connectivity index (χ3v) is 1.79. The zero-order valence-electron chi connectivity index (χ0n) is 4.22. The summed E-state index contributed by atoms with van der Waals surface area (Å²) >= 11 is 0. The van der Waals surface area contributed by atoms with Gasteiger partial charge in [-0.2, -0.15) is 0 Å². The molecular weight excluding hydrogens is 86.1 g/mol. The summed E-state index contributed by atoms with van der Waals surface area (Å²) < 4.78 is 0. The van der Waals surface area contributed by atoms with Crippen LogP contribution in [0.2, 0.25) is 0 Å². The normalized spacial score (nSPS) is 44.6. The number of allylic oxidation sites excluding steroid dienone is 1. The van der Waals surface area contributed by atoms with E-state index >= 15 is 0 Å². The molecule has 1 fully saturated rings. The van der Waals surface area contributed by atoms with Gasteiger partial charge in [0.15, 0.2) is 0 Å². The first kappa shape index (κ1) is 3.53. The molecule has 1 nitrogen and oxygen atoms in total. The molecule has 1 aliphatic carbocycles. The highest BCUT2D eigenvalue weighted by molar-refractivity contribution is 5.05.